The SMILES string of the molecule is CC#CCCC(COCC(F)(F)F)NN. The van der Waals surface area contributed by atoms with Crippen LogP contribution in [0.4, 0.5) is 13.2 Å². The second kappa shape index (κ2) is 7.51. The van der Waals surface area contributed by atoms with Gasteiger partial charge in [-0.25, -0.2) is 0 Å². The van der Waals surface area contributed by atoms with Crippen molar-refractivity contribution in [1.82, 2.24) is 5.43 Å². The number of alkyl halides is 3. The Morgan fingerprint density at radius 1 is 1.47 bits per heavy atom. The molecule has 88 valence electrons. The number of nitrogens with two attached hydrogens (primary N) is 1. The Morgan fingerprint density at radius 2 is 2.13 bits per heavy atom. The summed E-state index contributed by atoms with van der Waals surface area (Å²) in [5, 5.41) is 0. The average molecular weight is 224 g/mol. The van der Waals surface area contributed by atoms with Crippen molar-refractivity contribution in [3.63, 3.8) is 0 Å². The molecule has 0 amide bonds. The first-order valence-electron chi connectivity index (χ1n) is 4.50. The van der Waals surface area contributed by atoms with Crippen molar-refractivity contribution in [2.45, 2.75) is 32.0 Å². The van der Waals surface area contributed by atoms with Crippen LogP contribution in [0.1, 0.15) is 19.8 Å². The van der Waals surface area contributed by atoms with Crippen LogP contribution < -0.4 is 11.3 Å². The highest BCUT2D eigenvalue weighted by Crippen LogP contribution is 2.14. The number of hydrogen-bond donors (Lipinski definition) is 2. The molecule has 0 rings (SSSR count). The summed E-state index contributed by atoms with van der Waals surface area (Å²) >= 11 is 0. The van der Waals surface area contributed by atoms with Crippen LogP contribution in [0.2, 0.25) is 0 Å². The number of hydrazine groups is 1. The van der Waals surface area contributed by atoms with Crippen LogP contribution in [0.5, 0.6) is 0 Å². The molecule has 0 aromatic heterocycles. The zero-order valence-electron chi connectivity index (χ0n) is 8.53. The van der Waals surface area contributed by atoms with Crippen LogP contribution in [-0.4, -0.2) is 25.4 Å². The summed E-state index contributed by atoms with van der Waals surface area (Å²) in [4.78, 5) is 0. The van der Waals surface area contributed by atoms with Gasteiger partial charge in [0.1, 0.15) is 6.61 Å². The van der Waals surface area contributed by atoms with Gasteiger partial charge >= 0.3 is 6.18 Å². The van der Waals surface area contributed by atoms with E-state index in [1.165, 1.54) is 0 Å². The van der Waals surface area contributed by atoms with E-state index in [1.54, 1.807) is 6.92 Å². The number of rotatable bonds is 6. The van der Waals surface area contributed by atoms with Crippen LogP contribution >= 0.6 is 0 Å². The first-order valence-corrected chi connectivity index (χ1v) is 4.50. The van der Waals surface area contributed by atoms with Crippen molar-refractivity contribution in [2.24, 2.45) is 5.84 Å². The summed E-state index contributed by atoms with van der Waals surface area (Å²) in [5.74, 6) is 10.6. The highest BCUT2D eigenvalue weighted by atomic mass is 19.4. The fourth-order valence-electron chi connectivity index (χ4n) is 0.903. The molecule has 0 spiro atoms. The van der Waals surface area contributed by atoms with Crippen molar-refractivity contribution >= 4 is 0 Å². The zero-order chi connectivity index (χ0) is 11.7. The topological polar surface area (TPSA) is 47.3 Å². The molecule has 0 saturated carbocycles. The predicted molar refractivity (Wildman–Crippen MR) is 50.7 cm³/mol. The molecule has 0 aliphatic rings. The fraction of sp³-hybridized carbons (Fsp3) is 0.778. The molecule has 0 radical (unpaired) electrons. The van der Waals surface area contributed by atoms with Crippen LogP contribution in [0.3, 0.4) is 0 Å². The normalized spacial score (nSPS) is 13.1. The number of nitrogens with one attached hydrogen (secondary N) is 1. The van der Waals surface area contributed by atoms with Gasteiger partial charge in [-0.15, -0.1) is 11.8 Å². The van der Waals surface area contributed by atoms with Gasteiger partial charge in [0.15, 0.2) is 0 Å². The lowest BCUT2D eigenvalue weighted by molar-refractivity contribution is -0.175. The molecule has 0 heterocycles. The van der Waals surface area contributed by atoms with Crippen LogP contribution in [0, 0.1) is 11.8 Å². The molecule has 0 fully saturated rings. The maximum absolute atomic E-state index is 11.7. The molecule has 0 aromatic carbocycles. The van der Waals surface area contributed by atoms with E-state index in [-0.39, 0.29) is 12.6 Å². The maximum atomic E-state index is 11.7. The predicted octanol–water partition coefficient (Wildman–Crippen LogP) is 1.20. The van der Waals surface area contributed by atoms with Crippen molar-refractivity contribution in [3.8, 4) is 11.8 Å². The van der Waals surface area contributed by atoms with Crippen LogP contribution in [0.25, 0.3) is 0 Å². The largest absolute Gasteiger partial charge is 0.411 e. The van der Waals surface area contributed by atoms with Gasteiger partial charge in [0.2, 0.25) is 0 Å². The van der Waals surface area contributed by atoms with Crippen molar-refractivity contribution < 1.29 is 17.9 Å². The molecule has 3 nitrogen and oxygen atoms in total. The van der Waals surface area contributed by atoms with Gasteiger partial charge in [-0.1, -0.05) is 0 Å². The van der Waals surface area contributed by atoms with Gasteiger partial charge in [-0.05, 0) is 13.3 Å². The third-order valence-corrected chi connectivity index (χ3v) is 1.62. The highest BCUT2D eigenvalue weighted by Gasteiger charge is 2.27. The van der Waals surface area contributed by atoms with Crippen molar-refractivity contribution in [3.05, 3.63) is 0 Å². The van der Waals surface area contributed by atoms with E-state index < -0.39 is 12.8 Å². The van der Waals surface area contributed by atoms with E-state index in [0.29, 0.717) is 12.8 Å². The third kappa shape index (κ3) is 9.53. The summed E-state index contributed by atoms with van der Waals surface area (Å²) in [6.07, 6.45) is -3.14. The van der Waals surface area contributed by atoms with Gasteiger partial charge in [0, 0.05) is 12.5 Å². The fourth-order valence-corrected chi connectivity index (χ4v) is 0.903. The Kier molecular flexibility index (Phi) is 7.13. The van der Waals surface area contributed by atoms with E-state index in [0.717, 1.165) is 0 Å². The monoisotopic (exact) mass is 224 g/mol. The Labute approximate surface area is 87.1 Å². The molecule has 1 unspecified atom stereocenters. The average Bonchev–Trinajstić information content (AvgIpc) is 2.14. The van der Waals surface area contributed by atoms with Crippen LogP contribution in [-0.2, 0) is 4.74 Å². The molecule has 0 saturated heterocycles. The van der Waals surface area contributed by atoms with E-state index in [1.807, 2.05) is 0 Å². The lowest BCUT2D eigenvalue weighted by atomic mass is 10.2. The molecule has 1 atom stereocenters. The van der Waals surface area contributed by atoms with Crippen LogP contribution in [0.15, 0.2) is 0 Å². The minimum atomic E-state index is -4.29. The first-order chi connectivity index (χ1) is 6.99. The quantitative estimate of drug-likeness (QED) is 0.405. The van der Waals surface area contributed by atoms with Gasteiger partial charge in [0.05, 0.1) is 6.61 Å². The molecule has 0 aliphatic carbocycles. The number of hydrogen-bond acceptors (Lipinski definition) is 3. The van der Waals surface area contributed by atoms with Gasteiger partial charge in [-0.2, -0.15) is 13.2 Å². The van der Waals surface area contributed by atoms with Crippen molar-refractivity contribution in [1.29, 1.82) is 0 Å². The number of ether oxygens (including phenoxy) is 1. The Balaban J connectivity index is 3.64. The molecule has 0 bridgehead atoms. The highest BCUT2D eigenvalue weighted by molar-refractivity contribution is 4.95. The smallest absolute Gasteiger partial charge is 0.370 e. The molecule has 0 aliphatic heterocycles. The lowest BCUT2D eigenvalue weighted by Gasteiger charge is -2.15. The summed E-state index contributed by atoms with van der Waals surface area (Å²) in [6, 6.07) is -0.298. The van der Waals surface area contributed by atoms with E-state index in [2.05, 4.69) is 22.0 Å². The number of halogens is 3. The van der Waals surface area contributed by atoms with E-state index in [9.17, 15) is 13.2 Å². The molecule has 15 heavy (non-hydrogen) atoms. The van der Waals surface area contributed by atoms with Gasteiger partial charge in [-0.3, -0.25) is 11.3 Å². The Hall–Kier alpha value is -0.770. The second-order valence-electron chi connectivity index (χ2n) is 2.96. The van der Waals surface area contributed by atoms with E-state index >= 15 is 0 Å². The van der Waals surface area contributed by atoms with Gasteiger partial charge in [0.25, 0.3) is 0 Å². The summed E-state index contributed by atoms with van der Waals surface area (Å²) < 4.78 is 39.6. The molecular formula is C9H15F3N2O. The van der Waals surface area contributed by atoms with Crippen molar-refractivity contribution in [2.75, 3.05) is 13.2 Å². The Morgan fingerprint density at radius 3 is 2.60 bits per heavy atom. The zero-order valence-corrected chi connectivity index (χ0v) is 8.53. The Bertz CT molecular complexity index is 220. The van der Waals surface area contributed by atoms with E-state index in [4.69, 9.17) is 5.84 Å². The third-order valence-electron chi connectivity index (χ3n) is 1.62. The minimum absolute atomic E-state index is 0.0681. The standard InChI is InChI=1S/C9H15F3N2O/c1-2-3-4-5-8(14-13)6-15-7-9(10,11)12/h8,14H,4-7,13H2,1H3. The second-order valence-corrected chi connectivity index (χ2v) is 2.96. The first kappa shape index (κ1) is 14.2. The molecular weight excluding hydrogens is 209 g/mol. The summed E-state index contributed by atoms with van der Waals surface area (Å²) in [7, 11) is 0. The lowest BCUT2D eigenvalue weighted by Crippen LogP contribution is -2.39. The maximum Gasteiger partial charge on any atom is 0.411 e. The minimum Gasteiger partial charge on any atom is -0.370 e. The van der Waals surface area contributed by atoms with Gasteiger partial charge < -0.3 is 4.74 Å². The molecule has 6 heteroatoms. The summed E-state index contributed by atoms with van der Waals surface area (Å²) in [5.41, 5.74) is 2.39. The molecule has 3 N–H and O–H groups in total. The summed E-state index contributed by atoms with van der Waals surface area (Å²) in [6.45, 7) is 0.386. The molecule has 0 aromatic rings.